The van der Waals surface area contributed by atoms with Gasteiger partial charge in [0.1, 0.15) is 5.54 Å². The number of hydrogen-bond acceptors (Lipinski definition) is 4. The Hall–Kier alpha value is -0.560. The number of hydrogen-bond donors (Lipinski definition) is 1. The van der Waals surface area contributed by atoms with Crippen molar-refractivity contribution in [3.05, 3.63) is 34.9 Å². The van der Waals surface area contributed by atoms with Gasteiger partial charge in [-0.3, -0.25) is 9.69 Å². The molecule has 0 bridgehead atoms. The number of rotatable bonds is 5. The highest BCUT2D eigenvalue weighted by atomic mass is 35.5. The average Bonchev–Trinajstić information content (AvgIpc) is 2.88. The van der Waals surface area contributed by atoms with Crippen LogP contribution in [0.25, 0.3) is 0 Å². The first kappa shape index (κ1) is 26.5. The molecule has 8 heteroatoms. The Balaban J connectivity index is 0.00000210. The predicted molar refractivity (Wildman–Crippen MR) is 123 cm³/mol. The van der Waals surface area contributed by atoms with E-state index in [1.165, 1.54) is 5.56 Å². The maximum absolute atomic E-state index is 13.2. The highest BCUT2D eigenvalue weighted by Crippen LogP contribution is 2.50. The van der Waals surface area contributed by atoms with E-state index in [1.807, 2.05) is 24.0 Å². The van der Waals surface area contributed by atoms with Crippen molar-refractivity contribution in [3.63, 3.8) is 0 Å². The third-order valence-electron chi connectivity index (χ3n) is 6.41. The van der Waals surface area contributed by atoms with Crippen LogP contribution in [-0.4, -0.2) is 60.1 Å². The summed E-state index contributed by atoms with van der Waals surface area (Å²) < 4.78 is 5.77. The molecule has 1 aromatic rings. The summed E-state index contributed by atoms with van der Waals surface area (Å²) in [6.45, 7) is 11.0. The maximum Gasteiger partial charge on any atom is 0.243 e. The van der Waals surface area contributed by atoms with Crippen LogP contribution in [0.5, 0.6) is 0 Å². The molecule has 1 aromatic carbocycles. The molecular weight excluding hydrogens is 433 g/mol. The molecule has 3 rings (SSSR count). The van der Waals surface area contributed by atoms with Crippen molar-refractivity contribution in [1.29, 1.82) is 0 Å². The normalized spacial score (nSPS) is 26.5. The van der Waals surface area contributed by atoms with Crippen LogP contribution in [0.3, 0.4) is 0 Å². The van der Waals surface area contributed by atoms with Crippen LogP contribution >= 0.6 is 36.4 Å². The number of benzene rings is 1. The quantitative estimate of drug-likeness (QED) is 0.718. The number of carbonyl (C=O) groups excluding carboxylic acids is 1. The SMILES string of the molecule is CCOC1CC(N)(C(=O)N2CCCN(Cc3ccc(Cl)cc3)CC2)C1(C)C.Cl.Cl. The van der Waals surface area contributed by atoms with Crippen LogP contribution in [0.1, 0.15) is 39.2 Å². The summed E-state index contributed by atoms with van der Waals surface area (Å²) in [5.41, 5.74) is 6.69. The van der Waals surface area contributed by atoms with Crippen LogP contribution < -0.4 is 5.73 Å². The highest BCUT2D eigenvalue weighted by molar-refractivity contribution is 6.30. The molecule has 1 heterocycles. The summed E-state index contributed by atoms with van der Waals surface area (Å²) in [6, 6.07) is 7.98. The first-order valence-corrected chi connectivity index (χ1v) is 10.3. The summed E-state index contributed by atoms with van der Waals surface area (Å²) in [7, 11) is 0. The lowest BCUT2D eigenvalue weighted by Crippen LogP contribution is -2.76. The molecule has 1 saturated heterocycles. The van der Waals surface area contributed by atoms with E-state index >= 15 is 0 Å². The number of carbonyl (C=O) groups is 1. The molecular formula is C21H34Cl3N3O2. The van der Waals surface area contributed by atoms with Crippen LogP contribution in [0.4, 0.5) is 0 Å². The first-order chi connectivity index (χ1) is 12.8. The zero-order valence-electron chi connectivity index (χ0n) is 17.5. The lowest BCUT2D eigenvalue weighted by atomic mass is 9.54. The summed E-state index contributed by atoms with van der Waals surface area (Å²) >= 11 is 5.97. The minimum absolute atomic E-state index is 0. The largest absolute Gasteiger partial charge is 0.378 e. The Kier molecular flexibility index (Phi) is 9.72. The van der Waals surface area contributed by atoms with Crippen LogP contribution in [0, 0.1) is 5.41 Å². The predicted octanol–water partition coefficient (Wildman–Crippen LogP) is 3.75. The van der Waals surface area contributed by atoms with Gasteiger partial charge in [0.15, 0.2) is 0 Å². The van der Waals surface area contributed by atoms with E-state index < -0.39 is 5.54 Å². The Morgan fingerprint density at radius 3 is 2.41 bits per heavy atom. The standard InChI is InChI=1S/C21H32ClN3O2.2ClH/c1-4-27-18-14-21(23,20(18,2)3)19(26)25-11-5-10-24(12-13-25)15-16-6-8-17(22)9-7-16;;/h6-9,18H,4-5,10-15,23H2,1-3H3;2*1H. The van der Waals surface area contributed by atoms with E-state index in [2.05, 4.69) is 30.9 Å². The minimum atomic E-state index is -0.821. The topological polar surface area (TPSA) is 58.8 Å². The molecule has 2 N–H and O–H groups in total. The molecule has 2 fully saturated rings. The zero-order chi connectivity index (χ0) is 19.7. The molecule has 166 valence electrons. The van der Waals surface area contributed by atoms with E-state index in [-0.39, 0.29) is 42.2 Å². The lowest BCUT2D eigenvalue weighted by Gasteiger charge is -2.58. The molecule has 1 aliphatic carbocycles. The van der Waals surface area contributed by atoms with E-state index in [0.717, 1.165) is 44.2 Å². The zero-order valence-corrected chi connectivity index (χ0v) is 19.9. The van der Waals surface area contributed by atoms with E-state index in [1.54, 1.807) is 0 Å². The minimum Gasteiger partial charge on any atom is -0.378 e. The van der Waals surface area contributed by atoms with Gasteiger partial charge < -0.3 is 15.4 Å². The molecule has 2 atom stereocenters. The van der Waals surface area contributed by atoms with E-state index in [4.69, 9.17) is 22.1 Å². The van der Waals surface area contributed by atoms with Gasteiger partial charge in [-0.15, -0.1) is 24.8 Å². The number of amides is 1. The Bertz CT molecular complexity index is 672. The van der Waals surface area contributed by atoms with Gasteiger partial charge in [0.2, 0.25) is 5.91 Å². The van der Waals surface area contributed by atoms with Gasteiger partial charge in [0.05, 0.1) is 6.10 Å². The molecule has 0 aromatic heterocycles. The average molecular weight is 467 g/mol. The monoisotopic (exact) mass is 465 g/mol. The van der Waals surface area contributed by atoms with Crippen molar-refractivity contribution in [2.24, 2.45) is 11.1 Å². The molecule has 2 unspecified atom stereocenters. The molecule has 29 heavy (non-hydrogen) atoms. The fourth-order valence-electron chi connectivity index (χ4n) is 4.26. The molecule has 0 radical (unpaired) electrons. The summed E-state index contributed by atoms with van der Waals surface area (Å²) in [5.74, 6) is 0.0804. The number of nitrogens with zero attached hydrogens (tertiary/aromatic N) is 2. The first-order valence-electron chi connectivity index (χ1n) is 9.94. The van der Waals surface area contributed by atoms with Gasteiger partial charge in [0, 0.05) is 56.2 Å². The van der Waals surface area contributed by atoms with Gasteiger partial charge in [-0.25, -0.2) is 0 Å². The van der Waals surface area contributed by atoms with Crippen LogP contribution in [0.2, 0.25) is 5.02 Å². The van der Waals surface area contributed by atoms with Crippen molar-refractivity contribution >= 4 is 42.3 Å². The van der Waals surface area contributed by atoms with Gasteiger partial charge in [-0.05, 0) is 31.0 Å². The van der Waals surface area contributed by atoms with Crippen LogP contribution in [0.15, 0.2) is 24.3 Å². The fraction of sp³-hybridized carbons (Fsp3) is 0.667. The Morgan fingerprint density at radius 1 is 1.17 bits per heavy atom. The molecule has 1 amide bonds. The Labute approximate surface area is 192 Å². The maximum atomic E-state index is 13.2. The number of nitrogens with two attached hydrogens (primary N) is 1. The third-order valence-corrected chi connectivity index (χ3v) is 6.66. The van der Waals surface area contributed by atoms with Crippen molar-refractivity contribution in [3.8, 4) is 0 Å². The molecule has 0 spiro atoms. The molecule has 2 aliphatic rings. The smallest absolute Gasteiger partial charge is 0.243 e. The molecule has 1 aliphatic heterocycles. The van der Waals surface area contributed by atoms with Crippen LogP contribution in [-0.2, 0) is 16.1 Å². The second-order valence-corrected chi connectivity index (χ2v) is 8.83. The number of halogens is 3. The van der Waals surface area contributed by atoms with E-state index in [9.17, 15) is 4.79 Å². The fourth-order valence-corrected chi connectivity index (χ4v) is 4.39. The van der Waals surface area contributed by atoms with E-state index in [0.29, 0.717) is 13.0 Å². The summed E-state index contributed by atoms with van der Waals surface area (Å²) in [6.07, 6.45) is 1.63. The number of ether oxygens (including phenoxy) is 1. The highest BCUT2D eigenvalue weighted by Gasteiger charge is 2.63. The Morgan fingerprint density at radius 2 is 1.83 bits per heavy atom. The second-order valence-electron chi connectivity index (χ2n) is 8.39. The lowest BCUT2D eigenvalue weighted by molar-refractivity contribution is -0.179. The van der Waals surface area contributed by atoms with Gasteiger partial charge in [-0.1, -0.05) is 37.6 Å². The van der Waals surface area contributed by atoms with Crippen molar-refractivity contribution in [2.75, 3.05) is 32.8 Å². The second kappa shape index (κ2) is 10.7. The van der Waals surface area contributed by atoms with Gasteiger partial charge in [0.25, 0.3) is 0 Å². The van der Waals surface area contributed by atoms with Gasteiger partial charge in [-0.2, -0.15) is 0 Å². The van der Waals surface area contributed by atoms with Crippen molar-refractivity contribution in [1.82, 2.24) is 9.80 Å². The van der Waals surface area contributed by atoms with Crippen molar-refractivity contribution in [2.45, 2.75) is 51.8 Å². The summed E-state index contributed by atoms with van der Waals surface area (Å²) in [5, 5.41) is 0.758. The van der Waals surface area contributed by atoms with Crippen molar-refractivity contribution < 1.29 is 9.53 Å². The molecule has 1 saturated carbocycles. The van der Waals surface area contributed by atoms with Gasteiger partial charge >= 0.3 is 0 Å². The molecule has 5 nitrogen and oxygen atoms in total. The third kappa shape index (κ3) is 5.38. The summed E-state index contributed by atoms with van der Waals surface area (Å²) in [4.78, 5) is 17.6.